The zero-order chi connectivity index (χ0) is 10.1. The maximum atomic E-state index is 11.7. The van der Waals surface area contributed by atoms with Crippen LogP contribution in [0.4, 0.5) is 0 Å². The van der Waals surface area contributed by atoms with E-state index in [0.717, 1.165) is 12.0 Å². The van der Waals surface area contributed by atoms with Gasteiger partial charge in [0, 0.05) is 10.6 Å². The Labute approximate surface area is 87.1 Å². The fourth-order valence-electron chi connectivity index (χ4n) is 1.75. The standard InChI is InChI=1S/C11H8ClNO/c12-9-3-4-10-7(5-9)1-2-8(6-13)11(10)14/h3-5,8H,1-2H2. The number of Topliss-reactive ketones (excluding diaryl/α,β-unsaturated/α-hetero) is 1. The minimum atomic E-state index is -0.469. The van der Waals surface area contributed by atoms with Crippen molar-refractivity contribution in [1.82, 2.24) is 0 Å². The molecule has 1 aliphatic carbocycles. The highest BCUT2D eigenvalue weighted by atomic mass is 35.5. The first-order chi connectivity index (χ1) is 6.72. The first-order valence-electron chi connectivity index (χ1n) is 4.44. The molecule has 0 aromatic heterocycles. The van der Waals surface area contributed by atoms with Gasteiger partial charge in [0.05, 0.1) is 6.07 Å². The number of carbonyl (C=O) groups excluding carboxylic acids is 1. The average Bonchev–Trinajstić information content (AvgIpc) is 2.18. The van der Waals surface area contributed by atoms with Gasteiger partial charge < -0.3 is 0 Å². The summed E-state index contributed by atoms with van der Waals surface area (Å²) in [6, 6.07) is 7.24. The Morgan fingerprint density at radius 2 is 2.29 bits per heavy atom. The number of aryl methyl sites for hydroxylation is 1. The van der Waals surface area contributed by atoms with Crippen molar-refractivity contribution in [3.63, 3.8) is 0 Å². The maximum absolute atomic E-state index is 11.7. The molecule has 0 N–H and O–H groups in total. The average molecular weight is 206 g/mol. The van der Waals surface area contributed by atoms with Crippen LogP contribution in [0, 0.1) is 17.2 Å². The first-order valence-corrected chi connectivity index (χ1v) is 4.82. The van der Waals surface area contributed by atoms with E-state index >= 15 is 0 Å². The summed E-state index contributed by atoms with van der Waals surface area (Å²) in [7, 11) is 0. The van der Waals surface area contributed by atoms with Crippen LogP contribution in [0.15, 0.2) is 18.2 Å². The van der Waals surface area contributed by atoms with Crippen LogP contribution in [0.5, 0.6) is 0 Å². The smallest absolute Gasteiger partial charge is 0.180 e. The fourth-order valence-corrected chi connectivity index (χ4v) is 1.95. The number of hydrogen-bond acceptors (Lipinski definition) is 2. The zero-order valence-electron chi connectivity index (χ0n) is 7.46. The minimum Gasteiger partial charge on any atom is -0.293 e. The normalized spacial score (nSPS) is 20.0. The number of fused-ring (bicyclic) bond motifs is 1. The lowest BCUT2D eigenvalue weighted by Crippen LogP contribution is -2.21. The van der Waals surface area contributed by atoms with Crippen molar-refractivity contribution in [3.05, 3.63) is 34.3 Å². The molecule has 0 radical (unpaired) electrons. The number of halogens is 1. The second-order valence-electron chi connectivity index (χ2n) is 3.39. The van der Waals surface area contributed by atoms with E-state index in [1.165, 1.54) is 0 Å². The van der Waals surface area contributed by atoms with Crippen molar-refractivity contribution in [3.8, 4) is 6.07 Å². The van der Waals surface area contributed by atoms with Gasteiger partial charge >= 0.3 is 0 Å². The molecule has 1 aliphatic rings. The van der Waals surface area contributed by atoms with E-state index in [4.69, 9.17) is 16.9 Å². The van der Waals surface area contributed by atoms with Gasteiger partial charge in [0.25, 0.3) is 0 Å². The van der Waals surface area contributed by atoms with Gasteiger partial charge in [-0.1, -0.05) is 11.6 Å². The number of benzene rings is 1. The molecule has 0 saturated carbocycles. The van der Waals surface area contributed by atoms with Crippen LogP contribution in [-0.2, 0) is 6.42 Å². The van der Waals surface area contributed by atoms with Crippen LogP contribution in [0.3, 0.4) is 0 Å². The second kappa shape index (κ2) is 3.43. The molecule has 1 unspecified atom stereocenters. The van der Waals surface area contributed by atoms with E-state index in [-0.39, 0.29) is 5.78 Å². The topological polar surface area (TPSA) is 40.9 Å². The van der Waals surface area contributed by atoms with Crippen molar-refractivity contribution in [2.24, 2.45) is 5.92 Å². The number of rotatable bonds is 0. The monoisotopic (exact) mass is 205 g/mol. The van der Waals surface area contributed by atoms with Gasteiger partial charge in [-0.05, 0) is 36.6 Å². The van der Waals surface area contributed by atoms with Crippen molar-refractivity contribution >= 4 is 17.4 Å². The van der Waals surface area contributed by atoms with Crippen LogP contribution in [0.25, 0.3) is 0 Å². The van der Waals surface area contributed by atoms with Crippen LogP contribution in [0.2, 0.25) is 5.02 Å². The molecule has 2 nitrogen and oxygen atoms in total. The summed E-state index contributed by atoms with van der Waals surface area (Å²) < 4.78 is 0. The minimum absolute atomic E-state index is 0.0644. The molecule has 0 heterocycles. The summed E-state index contributed by atoms with van der Waals surface area (Å²) in [5, 5.41) is 9.39. The van der Waals surface area contributed by atoms with Crippen molar-refractivity contribution in [1.29, 1.82) is 5.26 Å². The highest BCUT2D eigenvalue weighted by molar-refractivity contribution is 6.30. The number of nitrogens with zero attached hydrogens (tertiary/aromatic N) is 1. The van der Waals surface area contributed by atoms with Gasteiger partial charge in [-0.15, -0.1) is 0 Å². The third-order valence-corrected chi connectivity index (χ3v) is 2.74. The van der Waals surface area contributed by atoms with Crippen LogP contribution < -0.4 is 0 Å². The Bertz CT molecular complexity index is 433. The molecule has 0 fully saturated rings. The van der Waals surface area contributed by atoms with Crippen molar-refractivity contribution in [2.45, 2.75) is 12.8 Å². The fraction of sp³-hybridized carbons (Fsp3) is 0.273. The van der Waals surface area contributed by atoms with E-state index in [1.54, 1.807) is 12.1 Å². The summed E-state index contributed by atoms with van der Waals surface area (Å²) in [4.78, 5) is 11.7. The van der Waals surface area contributed by atoms with Crippen molar-refractivity contribution < 1.29 is 4.79 Å². The van der Waals surface area contributed by atoms with E-state index in [2.05, 4.69) is 0 Å². The molecule has 3 heteroatoms. The molecule has 2 rings (SSSR count). The Hall–Kier alpha value is -1.33. The SMILES string of the molecule is N#CC1CCc2cc(Cl)ccc2C1=O. The van der Waals surface area contributed by atoms with Gasteiger partial charge in [0.1, 0.15) is 5.92 Å². The second-order valence-corrected chi connectivity index (χ2v) is 3.82. The summed E-state index contributed by atoms with van der Waals surface area (Å²) >= 11 is 5.82. The van der Waals surface area contributed by atoms with Gasteiger partial charge in [0.2, 0.25) is 0 Å². The molecule has 0 amide bonds. The summed E-state index contributed by atoms with van der Waals surface area (Å²) in [6.07, 6.45) is 1.38. The van der Waals surface area contributed by atoms with E-state index in [1.807, 2.05) is 12.1 Å². The number of ketones is 1. The van der Waals surface area contributed by atoms with Gasteiger partial charge in [-0.25, -0.2) is 0 Å². The largest absolute Gasteiger partial charge is 0.293 e. The van der Waals surface area contributed by atoms with Gasteiger partial charge in [0.15, 0.2) is 5.78 Å². The quantitative estimate of drug-likeness (QED) is 0.653. The summed E-state index contributed by atoms with van der Waals surface area (Å²) in [6.45, 7) is 0. The number of nitriles is 1. The Morgan fingerprint density at radius 3 is 3.00 bits per heavy atom. The Morgan fingerprint density at radius 1 is 1.50 bits per heavy atom. The predicted molar refractivity (Wildman–Crippen MR) is 53.2 cm³/mol. The molecule has 70 valence electrons. The summed E-state index contributed by atoms with van der Waals surface area (Å²) in [5.74, 6) is -0.533. The molecule has 14 heavy (non-hydrogen) atoms. The third kappa shape index (κ3) is 1.40. The van der Waals surface area contributed by atoms with E-state index in [9.17, 15) is 4.79 Å². The Kier molecular flexibility index (Phi) is 2.26. The van der Waals surface area contributed by atoms with Gasteiger partial charge in [-0.3, -0.25) is 4.79 Å². The molecule has 0 bridgehead atoms. The summed E-state index contributed by atoms with van der Waals surface area (Å²) in [5.41, 5.74) is 1.63. The van der Waals surface area contributed by atoms with E-state index < -0.39 is 5.92 Å². The number of carbonyl (C=O) groups is 1. The lowest BCUT2D eigenvalue weighted by molar-refractivity contribution is 0.0934. The van der Waals surface area contributed by atoms with Crippen molar-refractivity contribution in [2.75, 3.05) is 0 Å². The molecule has 1 atom stereocenters. The lowest BCUT2D eigenvalue weighted by Gasteiger charge is -2.18. The third-order valence-electron chi connectivity index (χ3n) is 2.51. The van der Waals surface area contributed by atoms with Crippen LogP contribution >= 0.6 is 11.6 Å². The predicted octanol–water partition coefficient (Wildman–Crippen LogP) is 2.61. The van der Waals surface area contributed by atoms with Crippen LogP contribution in [-0.4, -0.2) is 5.78 Å². The Balaban J connectivity index is 2.47. The lowest BCUT2D eigenvalue weighted by atomic mass is 9.84. The molecule has 1 aromatic rings. The molecule has 0 saturated heterocycles. The maximum Gasteiger partial charge on any atom is 0.180 e. The molecule has 0 aliphatic heterocycles. The van der Waals surface area contributed by atoms with Gasteiger partial charge in [-0.2, -0.15) is 5.26 Å². The van der Waals surface area contributed by atoms with Crippen LogP contribution in [0.1, 0.15) is 22.3 Å². The molecule has 0 spiro atoms. The molecular weight excluding hydrogens is 198 g/mol. The highest BCUT2D eigenvalue weighted by Crippen LogP contribution is 2.27. The number of hydrogen-bond donors (Lipinski definition) is 0. The highest BCUT2D eigenvalue weighted by Gasteiger charge is 2.26. The molecular formula is C11H8ClNO. The zero-order valence-corrected chi connectivity index (χ0v) is 8.21. The molecule has 1 aromatic carbocycles. The first kappa shape index (κ1) is 9.23. The van der Waals surface area contributed by atoms with E-state index in [0.29, 0.717) is 17.0 Å².